The monoisotopic (exact) mass is 269 g/mol. The van der Waals surface area contributed by atoms with Gasteiger partial charge in [0, 0.05) is 31.4 Å². The lowest BCUT2D eigenvalue weighted by atomic mass is 10.2. The minimum atomic E-state index is 0.549. The summed E-state index contributed by atoms with van der Waals surface area (Å²) in [6.45, 7) is 12.7. The van der Waals surface area contributed by atoms with Gasteiger partial charge in [0.1, 0.15) is 5.82 Å². The van der Waals surface area contributed by atoms with Gasteiger partial charge in [-0.05, 0) is 46.2 Å². The van der Waals surface area contributed by atoms with Gasteiger partial charge in [0.15, 0.2) is 0 Å². The van der Waals surface area contributed by atoms with Gasteiger partial charge in [-0.15, -0.1) is 0 Å². The Balaban J connectivity index is 2.50. The smallest absolute Gasteiger partial charge is 0.144 e. The molecule has 4 heteroatoms. The van der Waals surface area contributed by atoms with Crippen LogP contribution in [0.1, 0.15) is 33.3 Å². The molecule has 1 aromatic heterocycles. The number of nitrogens with one attached hydrogen (secondary N) is 1. The average Bonchev–Trinajstić information content (AvgIpc) is 2.25. The molecule has 0 aromatic carbocycles. The van der Waals surface area contributed by atoms with Crippen LogP contribution in [-0.2, 0) is 0 Å². The van der Waals surface area contributed by atoms with Crippen LogP contribution in [0.4, 0.5) is 5.82 Å². The molecule has 0 saturated heterocycles. The lowest BCUT2D eigenvalue weighted by molar-refractivity contribution is 0.182. The predicted octanol–water partition coefficient (Wildman–Crippen LogP) is 3.57. The van der Waals surface area contributed by atoms with Crippen molar-refractivity contribution < 1.29 is 0 Å². The van der Waals surface area contributed by atoms with Crippen LogP contribution in [-0.4, -0.2) is 35.1 Å². The van der Waals surface area contributed by atoms with E-state index in [9.17, 15) is 0 Å². The van der Waals surface area contributed by atoms with E-state index >= 15 is 0 Å². The van der Waals surface area contributed by atoms with E-state index in [1.54, 1.807) is 0 Å². The molecular formula is C14H24ClN3. The molecule has 0 atom stereocenters. The molecule has 1 aromatic rings. The van der Waals surface area contributed by atoms with E-state index in [1.807, 2.05) is 19.2 Å². The van der Waals surface area contributed by atoms with Gasteiger partial charge in [-0.2, -0.15) is 0 Å². The van der Waals surface area contributed by atoms with E-state index in [1.165, 1.54) is 0 Å². The van der Waals surface area contributed by atoms with E-state index in [0.29, 0.717) is 17.1 Å². The topological polar surface area (TPSA) is 28.2 Å². The molecule has 0 bridgehead atoms. The third-order valence-corrected chi connectivity index (χ3v) is 3.26. The molecule has 0 aliphatic carbocycles. The van der Waals surface area contributed by atoms with Gasteiger partial charge in [-0.3, -0.25) is 4.90 Å². The lowest BCUT2D eigenvalue weighted by Crippen LogP contribution is -2.40. The van der Waals surface area contributed by atoms with Crippen molar-refractivity contribution in [1.29, 1.82) is 0 Å². The molecule has 3 nitrogen and oxygen atoms in total. The van der Waals surface area contributed by atoms with Crippen LogP contribution in [0, 0.1) is 6.92 Å². The molecule has 1 rings (SSSR count). The molecule has 0 fully saturated rings. The van der Waals surface area contributed by atoms with E-state index in [-0.39, 0.29) is 0 Å². The Labute approximate surface area is 116 Å². The molecule has 0 radical (unpaired) electrons. The second-order valence-electron chi connectivity index (χ2n) is 5.20. The Hall–Kier alpha value is -0.800. The summed E-state index contributed by atoms with van der Waals surface area (Å²) in [6.07, 6.45) is 1.83. The largest absolute Gasteiger partial charge is 0.368 e. The van der Waals surface area contributed by atoms with Crippen LogP contribution in [0.2, 0.25) is 5.02 Å². The highest BCUT2D eigenvalue weighted by Crippen LogP contribution is 2.19. The zero-order chi connectivity index (χ0) is 13.7. The predicted molar refractivity (Wildman–Crippen MR) is 79.5 cm³/mol. The molecule has 0 amide bonds. The van der Waals surface area contributed by atoms with Crippen LogP contribution in [0.5, 0.6) is 0 Å². The highest BCUT2D eigenvalue weighted by molar-refractivity contribution is 6.32. The summed E-state index contributed by atoms with van der Waals surface area (Å²) < 4.78 is 0. The summed E-state index contributed by atoms with van der Waals surface area (Å²) in [5, 5.41) is 3.99. The van der Waals surface area contributed by atoms with E-state index in [2.05, 4.69) is 42.9 Å². The standard InChI is InChI=1S/C14H24ClN3/c1-10(2)18(11(3)4)7-6-16-14-13(15)8-12(5)9-17-14/h8-11H,6-7H2,1-5H3,(H,16,17). The zero-order valence-corrected chi connectivity index (χ0v) is 12.8. The van der Waals surface area contributed by atoms with Crippen LogP contribution >= 0.6 is 11.6 Å². The molecular weight excluding hydrogens is 246 g/mol. The van der Waals surface area contributed by atoms with E-state index in [4.69, 9.17) is 11.6 Å². The van der Waals surface area contributed by atoms with E-state index in [0.717, 1.165) is 24.5 Å². The third kappa shape index (κ3) is 4.46. The average molecular weight is 270 g/mol. The van der Waals surface area contributed by atoms with Crippen molar-refractivity contribution in [2.75, 3.05) is 18.4 Å². The minimum absolute atomic E-state index is 0.549. The van der Waals surface area contributed by atoms with E-state index < -0.39 is 0 Å². The summed E-state index contributed by atoms with van der Waals surface area (Å²) in [5.74, 6) is 0.773. The van der Waals surface area contributed by atoms with Crippen molar-refractivity contribution in [3.63, 3.8) is 0 Å². The number of rotatable bonds is 6. The maximum absolute atomic E-state index is 6.13. The maximum atomic E-state index is 6.13. The van der Waals surface area contributed by atoms with Crippen LogP contribution in [0.3, 0.4) is 0 Å². The van der Waals surface area contributed by atoms with Gasteiger partial charge in [-0.1, -0.05) is 11.6 Å². The molecule has 1 N–H and O–H groups in total. The molecule has 0 unspecified atom stereocenters. The van der Waals surface area contributed by atoms with Gasteiger partial charge in [0.05, 0.1) is 5.02 Å². The Morgan fingerprint density at radius 3 is 2.39 bits per heavy atom. The van der Waals surface area contributed by atoms with Gasteiger partial charge in [0.25, 0.3) is 0 Å². The highest BCUT2D eigenvalue weighted by atomic mass is 35.5. The number of hydrogen-bond acceptors (Lipinski definition) is 3. The van der Waals surface area contributed by atoms with Gasteiger partial charge in [0.2, 0.25) is 0 Å². The fraction of sp³-hybridized carbons (Fsp3) is 0.643. The molecule has 0 aliphatic heterocycles. The van der Waals surface area contributed by atoms with Crippen molar-refractivity contribution in [3.05, 3.63) is 22.8 Å². The summed E-state index contributed by atoms with van der Waals surface area (Å²) in [5.41, 5.74) is 1.08. The molecule has 0 aliphatic rings. The molecule has 1 heterocycles. The Morgan fingerprint density at radius 2 is 1.89 bits per heavy atom. The van der Waals surface area contributed by atoms with Crippen LogP contribution in [0.15, 0.2) is 12.3 Å². The highest BCUT2D eigenvalue weighted by Gasteiger charge is 2.12. The molecule has 102 valence electrons. The summed E-state index contributed by atoms with van der Waals surface area (Å²) in [7, 11) is 0. The summed E-state index contributed by atoms with van der Waals surface area (Å²) in [4.78, 5) is 6.74. The van der Waals surface area contributed by atoms with Crippen molar-refractivity contribution in [2.45, 2.75) is 46.7 Å². The maximum Gasteiger partial charge on any atom is 0.144 e. The van der Waals surface area contributed by atoms with Crippen molar-refractivity contribution >= 4 is 17.4 Å². The number of aryl methyl sites for hydroxylation is 1. The lowest BCUT2D eigenvalue weighted by Gasteiger charge is -2.30. The number of aromatic nitrogens is 1. The Kier molecular flexibility index (Phi) is 5.89. The molecule has 0 saturated carbocycles. The Morgan fingerprint density at radius 1 is 1.28 bits per heavy atom. The SMILES string of the molecule is Cc1cnc(NCCN(C(C)C)C(C)C)c(Cl)c1. The fourth-order valence-corrected chi connectivity index (χ4v) is 2.37. The van der Waals surface area contributed by atoms with Crippen molar-refractivity contribution in [3.8, 4) is 0 Å². The first kappa shape index (κ1) is 15.3. The first-order valence-corrected chi connectivity index (χ1v) is 6.91. The number of nitrogens with zero attached hydrogens (tertiary/aromatic N) is 2. The first-order valence-electron chi connectivity index (χ1n) is 6.53. The summed E-state index contributed by atoms with van der Waals surface area (Å²) >= 11 is 6.13. The molecule has 0 spiro atoms. The fourth-order valence-electron chi connectivity index (χ4n) is 2.08. The third-order valence-electron chi connectivity index (χ3n) is 2.97. The number of pyridine rings is 1. The van der Waals surface area contributed by atoms with Crippen molar-refractivity contribution in [1.82, 2.24) is 9.88 Å². The van der Waals surface area contributed by atoms with Gasteiger partial charge in [-0.25, -0.2) is 4.98 Å². The zero-order valence-electron chi connectivity index (χ0n) is 12.0. The quantitative estimate of drug-likeness (QED) is 0.856. The Bertz CT molecular complexity index is 369. The second-order valence-corrected chi connectivity index (χ2v) is 5.60. The van der Waals surface area contributed by atoms with Crippen molar-refractivity contribution in [2.24, 2.45) is 0 Å². The molecule has 18 heavy (non-hydrogen) atoms. The van der Waals surface area contributed by atoms with Crippen LogP contribution < -0.4 is 5.32 Å². The van der Waals surface area contributed by atoms with Gasteiger partial charge < -0.3 is 5.32 Å². The normalized spacial score (nSPS) is 11.6. The minimum Gasteiger partial charge on any atom is -0.368 e. The van der Waals surface area contributed by atoms with Gasteiger partial charge >= 0.3 is 0 Å². The number of anilines is 1. The first-order chi connectivity index (χ1) is 8.41. The number of halogens is 1. The number of hydrogen-bond donors (Lipinski definition) is 1. The van der Waals surface area contributed by atoms with Crippen LogP contribution in [0.25, 0.3) is 0 Å². The second kappa shape index (κ2) is 6.95. The summed E-state index contributed by atoms with van der Waals surface area (Å²) in [6, 6.07) is 3.03.